The second kappa shape index (κ2) is 20.6. The molecule has 23 nitrogen and oxygen atoms in total. The Kier molecular flexibility index (Phi) is 16.1. The van der Waals surface area contributed by atoms with E-state index < -0.39 is 92.8 Å². The first-order valence-corrected chi connectivity index (χ1v) is 23.9. The molecule has 2 atom stereocenters. The third-order valence-electron chi connectivity index (χ3n) is 9.76. The van der Waals surface area contributed by atoms with Gasteiger partial charge in [0, 0.05) is 5.38 Å². The number of esters is 1. The molecule has 4 heterocycles. The molecular weight excluding hydrogens is 950 g/mol. The van der Waals surface area contributed by atoms with E-state index in [0.717, 1.165) is 22.5 Å². The Morgan fingerprint density at radius 1 is 1.00 bits per heavy atom. The van der Waals surface area contributed by atoms with Gasteiger partial charge in [-0.15, -0.1) is 20.3 Å². The number of oxime groups is 1. The Labute approximate surface area is 403 Å². The molecule has 2 fully saturated rings. The van der Waals surface area contributed by atoms with Crippen LogP contribution in [0.3, 0.4) is 0 Å². The van der Waals surface area contributed by atoms with Crippen LogP contribution >= 0.6 is 11.3 Å². The summed E-state index contributed by atoms with van der Waals surface area (Å²) in [7, 11) is -5.10. The van der Waals surface area contributed by atoms with Crippen molar-refractivity contribution in [3.8, 4) is 16.9 Å². The van der Waals surface area contributed by atoms with Gasteiger partial charge in [-0.05, 0) is 107 Å². The first-order chi connectivity index (χ1) is 31.7. The highest BCUT2D eigenvalue weighted by Gasteiger charge is 2.58. The fourth-order valence-corrected chi connectivity index (χ4v) is 7.85. The molecule has 380 valence electrons. The van der Waals surface area contributed by atoms with E-state index in [4.69, 9.17) is 29.5 Å². The number of amides is 4. The molecule has 1 aromatic carbocycles. The number of ether oxygens (including phenoxy) is 4. The number of carbonyl (C=O) groups excluding carboxylic acids is 5. The Balaban J connectivity index is 1.36. The number of aryl methyl sites for hydroxylation is 1. The van der Waals surface area contributed by atoms with E-state index in [1.54, 1.807) is 97.5 Å². The first kappa shape index (κ1) is 54.0. The zero-order chi connectivity index (χ0) is 51.5. The molecule has 26 heteroatoms. The standard InChI is InChI=1S/C43H60FN9O14S2/c1-39(2,3)63-35(56)30(21-62-28-15-13-26(14-16-28)27-19-51(18-12-17-45)52(20-27)25-43(44)23-50(24-43)38(58)65-41(7,8)9)66-49-31(29-22-68-36(46-29)48-37(57)64-40(4,5)6)33(54)47-32-34(55)53(42(32,10)11)67-69(59,60)61/h13-16,19-20,22,30,32H,12,17-18,21,23-25,45H2,1-11H3,(H2-,46,47,48,54,57,59,60,61)/p+1/b49-31-/t30-,32+/m0/s1. The maximum absolute atomic E-state index is 15.9. The second-order valence-corrected chi connectivity index (χ2v) is 21.7. The molecule has 3 aromatic rings. The highest BCUT2D eigenvalue weighted by atomic mass is 32.3. The summed E-state index contributed by atoms with van der Waals surface area (Å²) in [5.74, 6) is -2.78. The number of nitrogens with one attached hydrogen (secondary N) is 2. The lowest BCUT2D eigenvalue weighted by Gasteiger charge is -2.50. The third-order valence-corrected chi connectivity index (χ3v) is 10.9. The highest BCUT2D eigenvalue weighted by molar-refractivity contribution is 7.80. The maximum atomic E-state index is 15.9. The third kappa shape index (κ3) is 15.0. The molecule has 2 saturated heterocycles. The molecular formula is C43H61FN9O14S2+. The van der Waals surface area contributed by atoms with E-state index in [9.17, 15) is 36.9 Å². The molecule has 0 bridgehead atoms. The van der Waals surface area contributed by atoms with Crippen LogP contribution in [0, 0.1) is 0 Å². The average Bonchev–Trinajstić information content (AvgIpc) is 3.82. The van der Waals surface area contributed by atoms with Crippen LogP contribution in [0.1, 0.15) is 88.3 Å². The van der Waals surface area contributed by atoms with Crippen LogP contribution in [0.15, 0.2) is 47.2 Å². The van der Waals surface area contributed by atoms with Crippen LogP contribution in [0.25, 0.3) is 11.1 Å². The van der Waals surface area contributed by atoms with Crippen molar-refractivity contribution in [1.29, 1.82) is 0 Å². The lowest BCUT2D eigenvalue weighted by molar-refractivity contribution is -0.785. The number of likely N-dealkylation sites (tertiary alicyclic amines) is 1. The Hall–Kier alpha value is -5.96. The van der Waals surface area contributed by atoms with Crippen LogP contribution in [0.4, 0.5) is 19.1 Å². The van der Waals surface area contributed by atoms with Gasteiger partial charge in [0.25, 0.3) is 17.9 Å². The summed E-state index contributed by atoms with van der Waals surface area (Å²) in [5.41, 5.74) is 0.736. The normalized spacial score (nSPS) is 17.5. The zero-order valence-electron chi connectivity index (χ0n) is 40.4. The SMILES string of the molecule is CC(C)(C)OC(=O)Nc1nc(/C(=N/O[C@@H](COc2ccc(-c3cn(CCCN)[n+](CC4(F)CN(C(=O)OC(C)(C)C)C4)c3)cc2)C(=O)OC(C)(C)C)C(=O)N[C@@H]2C(=O)N(OS(=O)(=O)O)C2(C)C)cs1. The number of hydroxylamine groups is 2. The van der Waals surface area contributed by atoms with Gasteiger partial charge in [0.15, 0.2) is 10.8 Å². The maximum Gasteiger partial charge on any atom is 0.418 e. The summed E-state index contributed by atoms with van der Waals surface area (Å²) in [6, 6.07) is 5.35. The molecule has 0 radical (unpaired) electrons. The minimum absolute atomic E-state index is 0.0239. The van der Waals surface area contributed by atoms with Gasteiger partial charge in [-0.2, -0.15) is 18.2 Å². The summed E-state index contributed by atoms with van der Waals surface area (Å²) >= 11 is 0.877. The molecule has 2 aliphatic rings. The Bertz CT molecular complexity index is 2520. The number of aromatic nitrogens is 3. The quantitative estimate of drug-likeness (QED) is 0.0267. The van der Waals surface area contributed by atoms with Gasteiger partial charge in [-0.3, -0.25) is 19.5 Å². The van der Waals surface area contributed by atoms with Crippen molar-refractivity contribution in [2.24, 2.45) is 10.9 Å². The van der Waals surface area contributed by atoms with Crippen molar-refractivity contribution in [3.63, 3.8) is 0 Å². The largest absolute Gasteiger partial charge is 0.489 e. The minimum atomic E-state index is -5.10. The predicted octanol–water partition coefficient (Wildman–Crippen LogP) is 3.90. The van der Waals surface area contributed by atoms with Gasteiger partial charge in [0.1, 0.15) is 40.9 Å². The lowest BCUT2D eigenvalue weighted by Crippen LogP contribution is -2.76. The number of rotatable bonds is 18. The number of thiazole rings is 1. The van der Waals surface area contributed by atoms with Crippen molar-refractivity contribution in [2.45, 2.75) is 136 Å². The van der Waals surface area contributed by atoms with Crippen molar-refractivity contribution in [2.75, 3.05) is 31.6 Å². The summed E-state index contributed by atoms with van der Waals surface area (Å²) in [6.45, 7) is 17.9. The van der Waals surface area contributed by atoms with Crippen LogP contribution < -0.4 is 25.8 Å². The van der Waals surface area contributed by atoms with Crippen molar-refractivity contribution >= 4 is 62.5 Å². The topological polar surface area (TPSA) is 286 Å². The van der Waals surface area contributed by atoms with Crippen LogP contribution in [0.5, 0.6) is 5.75 Å². The van der Waals surface area contributed by atoms with Crippen LogP contribution in [0.2, 0.25) is 0 Å². The number of alkyl halides is 1. The molecule has 69 heavy (non-hydrogen) atoms. The average molecular weight is 1010 g/mol. The van der Waals surface area contributed by atoms with Gasteiger partial charge in [0.05, 0.1) is 36.9 Å². The fraction of sp³-hybridized carbons (Fsp3) is 0.581. The fourth-order valence-electron chi connectivity index (χ4n) is 6.71. The summed E-state index contributed by atoms with van der Waals surface area (Å²) in [4.78, 5) is 76.7. The zero-order valence-corrected chi connectivity index (χ0v) is 42.0. The monoisotopic (exact) mass is 1010 g/mol. The number of carbonyl (C=O) groups is 5. The van der Waals surface area contributed by atoms with E-state index in [1.165, 1.54) is 24.1 Å². The molecule has 5 N–H and O–H groups in total. The lowest BCUT2D eigenvalue weighted by atomic mass is 9.84. The number of β-lactam (4-membered cyclic amide) rings is 1. The summed E-state index contributed by atoms with van der Waals surface area (Å²) in [5, 5.41) is 10.5. The van der Waals surface area contributed by atoms with Gasteiger partial charge in [-0.25, -0.2) is 23.8 Å². The molecule has 0 saturated carbocycles. The number of nitrogens with zero attached hydrogens (tertiary/aromatic N) is 6. The Morgan fingerprint density at radius 2 is 1.62 bits per heavy atom. The van der Waals surface area contributed by atoms with E-state index in [1.807, 2.05) is 10.9 Å². The summed E-state index contributed by atoms with van der Waals surface area (Å²) < 4.78 is 78.1. The number of benzene rings is 1. The molecule has 0 unspecified atom stereocenters. The summed E-state index contributed by atoms with van der Waals surface area (Å²) in [6.07, 6.45) is 1.24. The second-order valence-electron chi connectivity index (χ2n) is 19.9. The number of anilines is 1. The van der Waals surface area contributed by atoms with Gasteiger partial charge in [0.2, 0.25) is 18.4 Å². The molecule has 0 aliphatic carbocycles. The van der Waals surface area contributed by atoms with E-state index in [-0.39, 0.29) is 36.2 Å². The smallest absolute Gasteiger partial charge is 0.418 e. The Morgan fingerprint density at radius 3 is 2.19 bits per heavy atom. The molecule has 2 aromatic heterocycles. The van der Waals surface area contributed by atoms with Crippen molar-refractivity contribution in [1.82, 2.24) is 24.9 Å². The van der Waals surface area contributed by atoms with Crippen LogP contribution in [-0.4, -0.2) is 135 Å². The van der Waals surface area contributed by atoms with Gasteiger partial charge >= 0.3 is 28.6 Å². The number of halogens is 1. The van der Waals surface area contributed by atoms with Crippen molar-refractivity contribution < 1.29 is 74.1 Å². The predicted molar refractivity (Wildman–Crippen MR) is 246 cm³/mol. The minimum Gasteiger partial charge on any atom is -0.489 e. The molecule has 0 spiro atoms. The van der Waals surface area contributed by atoms with E-state index in [2.05, 4.69) is 25.1 Å². The van der Waals surface area contributed by atoms with Crippen molar-refractivity contribution in [3.05, 3.63) is 47.7 Å². The van der Waals surface area contributed by atoms with Crippen LogP contribution in [-0.2, 0) is 61.2 Å². The highest BCUT2D eigenvalue weighted by Crippen LogP contribution is 2.33. The molecule has 2 aliphatic heterocycles. The number of hydrogen-bond donors (Lipinski definition) is 4. The van der Waals surface area contributed by atoms with E-state index >= 15 is 4.39 Å². The van der Waals surface area contributed by atoms with Gasteiger partial charge in [-0.1, -0.05) is 17.3 Å². The number of nitrogens with two attached hydrogens (primary N) is 1. The molecule has 5 rings (SSSR count). The van der Waals surface area contributed by atoms with E-state index in [0.29, 0.717) is 24.6 Å². The number of hydrogen-bond acceptors (Lipinski definition) is 17. The first-order valence-electron chi connectivity index (χ1n) is 21.7. The molecule has 4 amide bonds. The van der Waals surface area contributed by atoms with Gasteiger partial charge < -0.3 is 39.7 Å².